The van der Waals surface area contributed by atoms with E-state index in [1.807, 2.05) is 37.8 Å². The predicted octanol–water partition coefficient (Wildman–Crippen LogP) is 4.72. The Hall–Kier alpha value is -3.39. The van der Waals surface area contributed by atoms with Crippen molar-refractivity contribution in [1.82, 2.24) is 4.90 Å². The second-order valence-corrected chi connectivity index (χ2v) is 10.7. The van der Waals surface area contributed by atoms with Gasteiger partial charge in [0.2, 0.25) is 0 Å². The van der Waals surface area contributed by atoms with E-state index in [0.717, 1.165) is 18.5 Å². The molecule has 2 aromatic rings. The number of nitrogens with zero attached hydrogens (tertiary/aromatic N) is 2. The summed E-state index contributed by atoms with van der Waals surface area (Å²) in [6, 6.07) is 13.4. The second-order valence-electron chi connectivity index (χ2n) is 10.7. The molecule has 2 aliphatic rings. The number of methoxy groups -OCH3 is 2. The minimum atomic E-state index is -0.523. The number of fused-ring (bicyclic) bond motifs is 1. The number of benzene rings is 2. The number of para-hydroxylation sites is 1. The highest BCUT2D eigenvalue weighted by Crippen LogP contribution is 2.69. The maximum Gasteiger partial charge on any atom is 0.410 e. The number of nitrogen functional groups attached to an aromatic ring is 1. The Balaban J connectivity index is 1.50. The fourth-order valence-electron chi connectivity index (χ4n) is 5.40. The van der Waals surface area contributed by atoms with E-state index in [2.05, 4.69) is 17.1 Å². The molecule has 0 bridgehead atoms. The minimum absolute atomic E-state index is 0.0248. The first-order chi connectivity index (χ1) is 17.0. The van der Waals surface area contributed by atoms with Crippen LogP contribution in [0.4, 0.5) is 16.2 Å². The summed E-state index contributed by atoms with van der Waals surface area (Å²) in [7, 11) is 3.04. The van der Waals surface area contributed by atoms with Gasteiger partial charge in [0.1, 0.15) is 5.60 Å². The van der Waals surface area contributed by atoms with Gasteiger partial charge in [-0.1, -0.05) is 24.3 Å². The highest BCUT2D eigenvalue weighted by atomic mass is 16.6. The van der Waals surface area contributed by atoms with E-state index in [4.69, 9.17) is 19.9 Å². The van der Waals surface area contributed by atoms with Crippen LogP contribution in [0.1, 0.15) is 55.1 Å². The van der Waals surface area contributed by atoms with Crippen LogP contribution in [0.5, 0.6) is 0 Å². The van der Waals surface area contributed by atoms with Crippen LogP contribution in [-0.2, 0) is 19.6 Å². The Labute approximate surface area is 212 Å². The van der Waals surface area contributed by atoms with Crippen molar-refractivity contribution in [3.8, 4) is 0 Å². The third kappa shape index (κ3) is 4.82. The molecule has 192 valence electrons. The Morgan fingerprint density at radius 1 is 1.14 bits per heavy atom. The van der Waals surface area contributed by atoms with Crippen LogP contribution in [0, 0.1) is 5.41 Å². The highest BCUT2D eigenvalue weighted by molar-refractivity contribution is 6.01. The first-order valence-corrected chi connectivity index (χ1v) is 12.1. The number of esters is 1. The fraction of sp³-hybridized carbons (Fsp3) is 0.464. The summed E-state index contributed by atoms with van der Waals surface area (Å²) < 4.78 is 16.0. The second kappa shape index (κ2) is 9.58. The van der Waals surface area contributed by atoms with E-state index in [-0.39, 0.29) is 16.9 Å². The molecule has 0 spiro atoms. The summed E-state index contributed by atoms with van der Waals surface area (Å²) in [4.78, 5) is 31.0. The smallest absolute Gasteiger partial charge is 0.410 e. The number of aliphatic imine (C=N–C) groups is 1. The average Bonchev–Trinajstić information content (AvgIpc) is 3.51. The molecule has 1 amide bonds. The molecule has 0 aromatic heterocycles. The quantitative estimate of drug-likeness (QED) is 0.355. The maximum absolute atomic E-state index is 12.7. The molecule has 2 fully saturated rings. The van der Waals surface area contributed by atoms with Crippen LogP contribution in [-0.4, -0.2) is 62.7 Å². The molecule has 36 heavy (non-hydrogen) atoms. The van der Waals surface area contributed by atoms with Crippen LogP contribution in [0.25, 0.3) is 0 Å². The predicted molar refractivity (Wildman–Crippen MR) is 139 cm³/mol. The van der Waals surface area contributed by atoms with Crippen LogP contribution >= 0.6 is 0 Å². The molecule has 8 nitrogen and oxygen atoms in total. The molecule has 8 heteroatoms. The standard InChI is InChI=1S/C28H35N3O5/c1-26(2,3)36-25(33)31-14-13-28(16-27(28,17-31)18-34-4)20-9-11-21(12-10-20)30-15-19-7-6-8-22(23(19)29)24(32)35-5/h6-12,15H,13-14,16-18,29H2,1-5H3. The van der Waals surface area contributed by atoms with Crippen LogP contribution < -0.4 is 5.73 Å². The molecule has 2 atom stereocenters. The van der Waals surface area contributed by atoms with Crippen LogP contribution in [0.3, 0.4) is 0 Å². The van der Waals surface area contributed by atoms with E-state index in [1.54, 1.807) is 31.5 Å². The molecule has 1 saturated carbocycles. The lowest BCUT2D eigenvalue weighted by Crippen LogP contribution is -2.48. The lowest BCUT2D eigenvalue weighted by atomic mass is 9.80. The monoisotopic (exact) mass is 493 g/mol. The number of piperidine rings is 1. The molecular formula is C28H35N3O5. The summed E-state index contributed by atoms with van der Waals surface area (Å²) in [5.41, 5.74) is 8.78. The number of ether oxygens (including phenoxy) is 3. The van der Waals surface area contributed by atoms with Crippen molar-refractivity contribution in [3.63, 3.8) is 0 Å². The molecule has 1 aliphatic carbocycles. The normalized spacial score (nSPS) is 23.3. The van der Waals surface area contributed by atoms with Crippen molar-refractivity contribution in [3.05, 3.63) is 59.2 Å². The third-order valence-electron chi connectivity index (χ3n) is 7.22. The van der Waals surface area contributed by atoms with Crippen molar-refractivity contribution >= 4 is 29.7 Å². The zero-order valence-corrected chi connectivity index (χ0v) is 21.7. The summed E-state index contributed by atoms with van der Waals surface area (Å²) in [5.74, 6) is -0.479. The van der Waals surface area contributed by atoms with E-state index < -0.39 is 11.6 Å². The molecule has 4 rings (SSSR count). The van der Waals surface area contributed by atoms with Crippen molar-refractivity contribution in [2.24, 2.45) is 10.4 Å². The lowest BCUT2D eigenvalue weighted by Gasteiger charge is -2.38. The lowest BCUT2D eigenvalue weighted by molar-refractivity contribution is 0.00561. The van der Waals surface area contributed by atoms with Gasteiger partial charge in [-0.15, -0.1) is 0 Å². The van der Waals surface area contributed by atoms with E-state index in [9.17, 15) is 9.59 Å². The largest absolute Gasteiger partial charge is 0.465 e. The van der Waals surface area contributed by atoms with Gasteiger partial charge in [0.15, 0.2) is 0 Å². The number of carbonyl (C=O) groups is 2. The Kier molecular flexibility index (Phi) is 6.84. The van der Waals surface area contributed by atoms with Gasteiger partial charge in [0.25, 0.3) is 0 Å². The Morgan fingerprint density at radius 3 is 2.50 bits per heavy atom. The van der Waals surface area contributed by atoms with Gasteiger partial charge in [0, 0.05) is 42.8 Å². The number of nitrogens with two attached hydrogens (primary N) is 1. The summed E-state index contributed by atoms with van der Waals surface area (Å²) in [5, 5.41) is 0. The SMILES string of the molecule is COCC12CN(C(=O)OC(C)(C)C)CCC1(c1ccc(N=Cc3cccc(C(=O)OC)c3N)cc1)C2. The number of rotatable bonds is 6. The Morgan fingerprint density at radius 2 is 1.86 bits per heavy atom. The van der Waals surface area contributed by atoms with Crippen molar-refractivity contribution in [2.45, 2.75) is 44.6 Å². The average molecular weight is 494 g/mol. The fourth-order valence-corrected chi connectivity index (χ4v) is 5.40. The summed E-state index contributed by atoms with van der Waals surface area (Å²) in [6.07, 6.45) is 3.21. The maximum atomic E-state index is 12.7. The topological polar surface area (TPSA) is 103 Å². The van der Waals surface area contributed by atoms with Gasteiger partial charge in [0.05, 0.1) is 30.7 Å². The zero-order valence-electron chi connectivity index (χ0n) is 21.7. The molecule has 1 aliphatic heterocycles. The first kappa shape index (κ1) is 25.7. The van der Waals surface area contributed by atoms with Crippen LogP contribution in [0.2, 0.25) is 0 Å². The number of hydrogen-bond donors (Lipinski definition) is 1. The van der Waals surface area contributed by atoms with Crippen LogP contribution in [0.15, 0.2) is 47.5 Å². The molecular weight excluding hydrogens is 458 g/mol. The van der Waals surface area contributed by atoms with Crippen molar-refractivity contribution in [2.75, 3.05) is 39.6 Å². The van der Waals surface area contributed by atoms with Gasteiger partial charge in [-0.3, -0.25) is 4.99 Å². The number of anilines is 1. The van der Waals surface area contributed by atoms with E-state index >= 15 is 0 Å². The van der Waals surface area contributed by atoms with Gasteiger partial charge >= 0.3 is 12.1 Å². The van der Waals surface area contributed by atoms with Gasteiger partial charge < -0.3 is 24.8 Å². The molecule has 2 aromatic carbocycles. The Bertz CT molecular complexity index is 1170. The number of hydrogen-bond acceptors (Lipinski definition) is 7. The van der Waals surface area contributed by atoms with Crippen molar-refractivity contribution < 1.29 is 23.8 Å². The minimum Gasteiger partial charge on any atom is -0.465 e. The van der Waals surface area contributed by atoms with Gasteiger partial charge in [-0.2, -0.15) is 0 Å². The van der Waals surface area contributed by atoms with Gasteiger partial charge in [-0.05, 0) is 57.4 Å². The first-order valence-electron chi connectivity index (χ1n) is 12.1. The highest BCUT2D eigenvalue weighted by Gasteiger charge is 2.70. The molecule has 2 N–H and O–H groups in total. The van der Waals surface area contributed by atoms with E-state index in [1.165, 1.54) is 12.7 Å². The number of likely N-dealkylation sites (tertiary alicyclic amines) is 1. The van der Waals surface area contributed by atoms with Gasteiger partial charge in [-0.25, -0.2) is 9.59 Å². The molecule has 2 unspecified atom stereocenters. The van der Waals surface area contributed by atoms with Crippen molar-refractivity contribution in [1.29, 1.82) is 0 Å². The molecule has 0 radical (unpaired) electrons. The summed E-state index contributed by atoms with van der Waals surface area (Å²) >= 11 is 0. The third-order valence-corrected chi connectivity index (χ3v) is 7.22. The zero-order chi connectivity index (χ0) is 26.1. The summed E-state index contributed by atoms with van der Waals surface area (Å²) in [6.45, 7) is 7.50. The molecule has 1 saturated heterocycles. The molecule has 1 heterocycles. The number of carbonyl (C=O) groups excluding carboxylic acids is 2. The number of amides is 1. The van der Waals surface area contributed by atoms with E-state index in [0.29, 0.717) is 36.5 Å².